The summed E-state index contributed by atoms with van der Waals surface area (Å²) in [4.78, 5) is 16.2. The zero-order chi connectivity index (χ0) is 18.2. The van der Waals surface area contributed by atoms with Crippen molar-refractivity contribution in [1.29, 1.82) is 0 Å². The predicted molar refractivity (Wildman–Crippen MR) is 96.9 cm³/mol. The molecule has 0 aliphatic rings. The Morgan fingerprint density at radius 2 is 1.75 bits per heavy atom. The second-order valence-electron chi connectivity index (χ2n) is 6.31. The van der Waals surface area contributed by atoms with E-state index in [1.165, 1.54) is 0 Å². The fourth-order valence-electron chi connectivity index (χ4n) is 2.25. The lowest BCUT2D eigenvalue weighted by Gasteiger charge is -2.27. The Balaban J connectivity index is 2.58. The molecule has 0 aliphatic carbocycles. The molecule has 0 spiro atoms. The van der Waals surface area contributed by atoms with Crippen molar-refractivity contribution in [3.63, 3.8) is 0 Å². The van der Waals surface area contributed by atoms with Gasteiger partial charge in [-0.05, 0) is 53.0 Å². The highest BCUT2D eigenvalue weighted by molar-refractivity contribution is 7.91. The molecule has 0 radical (unpaired) electrons. The molecule has 6 nitrogen and oxygen atoms in total. The number of hydrogen-bond acceptors (Lipinski definition) is 4. The maximum atomic E-state index is 12.4. The molecule has 7 heteroatoms. The Kier molecular flexibility index (Phi) is 8.21. The third kappa shape index (κ3) is 6.88. The number of carbonyl (C=O) groups is 1. The van der Waals surface area contributed by atoms with E-state index >= 15 is 0 Å². The maximum Gasteiger partial charge on any atom is 0.317 e. The minimum Gasteiger partial charge on any atom is -0.338 e. The van der Waals surface area contributed by atoms with Gasteiger partial charge in [-0.15, -0.1) is 0 Å². The van der Waals surface area contributed by atoms with Gasteiger partial charge < -0.3 is 15.1 Å². The van der Waals surface area contributed by atoms with Crippen molar-refractivity contribution in [3.8, 4) is 0 Å². The maximum absolute atomic E-state index is 12.4. The second-order valence-corrected chi connectivity index (χ2v) is 8.42. The van der Waals surface area contributed by atoms with Gasteiger partial charge in [-0.1, -0.05) is 18.2 Å². The largest absolute Gasteiger partial charge is 0.338 e. The van der Waals surface area contributed by atoms with Gasteiger partial charge in [0, 0.05) is 19.1 Å². The van der Waals surface area contributed by atoms with Gasteiger partial charge in [0.05, 0.1) is 10.6 Å². The summed E-state index contributed by atoms with van der Waals surface area (Å²) in [6, 6.07) is 8.06. The molecule has 0 saturated heterocycles. The normalized spacial score (nSPS) is 11.8. The van der Waals surface area contributed by atoms with Gasteiger partial charge >= 0.3 is 6.03 Å². The molecule has 2 amide bonds. The molecule has 136 valence electrons. The van der Waals surface area contributed by atoms with Crippen LogP contribution in [0.3, 0.4) is 0 Å². The van der Waals surface area contributed by atoms with Crippen molar-refractivity contribution in [1.82, 2.24) is 15.1 Å². The van der Waals surface area contributed by atoms with Crippen LogP contribution in [0.5, 0.6) is 0 Å². The van der Waals surface area contributed by atoms with Crippen LogP contribution < -0.4 is 5.32 Å². The first-order valence-corrected chi connectivity index (χ1v) is 9.86. The van der Waals surface area contributed by atoms with E-state index < -0.39 is 9.84 Å². The van der Waals surface area contributed by atoms with E-state index in [-0.39, 0.29) is 24.4 Å². The van der Waals surface area contributed by atoms with Gasteiger partial charge in [-0.2, -0.15) is 0 Å². The van der Waals surface area contributed by atoms with Gasteiger partial charge in [0.25, 0.3) is 0 Å². The van der Waals surface area contributed by atoms with Crippen LogP contribution >= 0.6 is 0 Å². The minimum absolute atomic E-state index is 0.0650. The van der Waals surface area contributed by atoms with Crippen LogP contribution in [-0.4, -0.2) is 69.8 Å². The van der Waals surface area contributed by atoms with E-state index in [0.717, 1.165) is 13.0 Å². The van der Waals surface area contributed by atoms with Crippen molar-refractivity contribution in [2.45, 2.75) is 31.2 Å². The fourth-order valence-corrected chi connectivity index (χ4v) is 3.50. The molecule has 1 aromatic rings. The Labute approximate surface area is 145 Å². The second kappa shape index (κ2) is 9.64. The van der Waals surface area contributed by atoms with Gasteiger partial charge in [0.2, 0.25) is 0 Å². The molecule has 1 rings (SSSR count). The van der Waals surface area contributed by atoms with Crippen LogP contribution in [0.1, 0.15) is 20.3 Å². The summed E-state index contributed by atoms with van der Waals surface area (Å²) in [5.74, 6) is -0.0830. The monoisotopic (exact) mass is 355 g/mol. The molecule has 0 saturated carbocycles. The predicted octanol–water partition coefficient (Wildman–Crippen LogP) is 1.83. The molecule has 0 bridgehead atoms. The van der Waals surface area contributed by atoms with Crippen LogP contribution in [0.15, 0.2) is 35.2 Å². The molecule has 0 unspecified atom stereocenters. The van der Waals surface area contributed by atoms with Crippen molar-refractivity contribution >= 4 is 15.9 Å². The van der Waals surface area contributed by atoms with Crippen LogP contribution in [-0.2, 0) is 9.84 Å². The number of sulfone groups is 1. The molecule has 24 heavy (non-hydrogen) atoms. The summed E-state index contributed by atoms with van der Waals surface area (Å²) in [5.41, 5.74) is 0. The quantitative estimate of drug-likeness (QED) is 0.686. The molecule has 1 aromatic carbocycles. The highest BCUT2D eigenvalue weighted by atomic mass is 32.2. The molecule has 0 heterocycles. The zero-order valence-electron chi connectivity index (χ0n) is 15.0. The number of benzene rings is 1. The topological polar surface area (TPSA) is 69.7 Å². The Morgan fingerprint density at radius 3 is 2.29 bits per heavy atom. The zero-order valence-corrected chi connectivity index (χ0v) is 15.8. The summed E-state index contributed by atoms with van der Waals surface area (Å²) in [5, 5.41) is 2.86. The summed E-state index contributed by atoms with van der Waals surface area (Å²) >= 11 is 0. The van der Waals surface area contributed by atoms with Gasteiger partial charge in [-0.25, -0.2) is 13.2 Å². The van der Waals surface area contributed by atoms with Gasteiger partial charge in [0.1, 0.15) is 0 Å². The van der Waals surface area contributed by atoms with E-state index in [4.69, 9.17) is 0 Å². The SMILES string of the molecule is CC(C)N(CCS(=O)(=O)c1ccccc1)C(=O)NCCCN(C)C. The van der Waals surface area contributed by atoms with E-state index in [1.807, 2.05) is 27.9 Å². The van der Waals surface area contributed by atoms with E-state index in [0.29, 0.717) is 11.4 Å². The number of urea groups is 1. The molecule has 0 fully saturated rings. The highest BCUT2D eigenvalue weighted by Gasteiger charge is 2.21. The fraction of sp³-hybridized carbons (Fsp3) is 0.588. The third-order valence-electron chi connectivity index (χ3n) is 3.65. The average molecular weight is 356 g/mol. The first-order chi connectivity index (χ1) is 11.2. The van der Waals surface area contributed by atoms with Crippen molar-refractivity contribution in [2.75, 3.05) is 39.5 Å². The summed E-state index contributed by atoms with van der Waals surface area (Å²) in [7, 11) is 0.579. The molecule has 0 atom stereocenters. The van der Waals surface area contributed by atoms with E-state index in [1.54, 1.807) is 35.2 Å². The van der Waals surface area contributed by atoms with E-state index in [9.17, 15) is 13.2 Å². The number of nitrogens with zero attached hydrogens (tertiary/aromatic N) is 2. The lowest BCUT2D eigenvalue weighted by atomic mass is 10.3. The Hall–Kier alpha value is -1.60. The van der Waals surface area contributed by atoms with Crippen molar-refractivity contribution in [2.24, 2.45) is 0 Å². The summed E-state index contributed by atoms with van der Waals surface area (Å²) in [6.45, 7) is 5.41. The minimum atomic E-state index is -3.39. The summed E-state index contributed by atoms with van der Waals surface area (Å²) < 4.78 is 24.7. The standard InChI is InChI=1S/C17H29N3O3S/c1-15(2)20(17(21)18-11-8-12-19(3)4)13-14-24(22,23)16-9-6-5-7-10-16/h5-7,9-10,15H,8,11-14H2,1-4H3,(H,18,21). The molecule has 0 aromatic heterocycles. The van der Waals surface area contributed by atoms with Crippen LogP contribution in [0.2, 0.25) is 0 Å². The molecular weight excluding hydrogens is 326 g/mol. The van der Waals surface area contributed by atoms with Gasteiger partial charge in [0.15, 0.2) is 9.84 Å². The van der Waals surface area contributed by atoms with E-state index in [2.05, 4.69) is 10.2 Å². The van der Waals surface area contributed by atoms with Crippen LogP contribution in [0, 0.1) is 0 Å². The van der Waals surface area contributed by atoms with Crippen molar-refractivity contribution in [3.05, 3.63) is 30.3 Å². The number of carbonyl (C=O) groups excluding carboxylic acids is 1. The molecule has 0 aliphatic heterocycles. The molecule has 1 N–H and O–H groups in total. The lowest BCUT2D eigenvalue weighted by molar-refractivity contribution is 0.186. The third-order valence-corrected chi connectivity index (χ3v) is 5.36. The Bertz CT molecular complexity index is 601. The first-order valence-electron chi connectivity index (χ1n) is 8.21. The number of amides is 2. The lowest BCUT2D eigenvalue weighted by Crippen LogP contribution is -2.46. The smallest absolute Gasteiger partial charge is 0.317 e. The number of hydrogen-bond donors (Lipinski definition) is 1. The first kappa shape index (κ1) is 20.4. The van der Waals surface area contributed by atoms with Crippen molar-refractivity contribution < 1.29 is 13.2 Å². The van der Waals surface area contributed by atoms with Crippen LogP contribution in [0.25, 0.3) is 0 Å². The molecular formula is C17H29N3O3S. The Morgan fingerprint density at radius 1 is 1.12 bits per heavy atom. The average Bonchev–Trinajstić information content (AvgIpc) is 2.52. The number of rotatable bonds is 9. The number of nitrogens with one attached hydrogen (secondary N) is 1. The highest BCUT2D eigenvalue weighted by Crippen LogP contribution is 2.11. The summed E-state index contributed by atoms with van der Waals surface area (Å²) in [6.07, 6.45) is 0.854. The van der Waals surface area contributed by atoms with Crippen LogP contribution in [0.4, 0.5) is 4.79 Å². The van der Waals surface area contributed by atoms with Gasteiger partial charge in [-0.3, -0.25) is 0 Å².